The normalized spacial score (nSPS) is 19.9. The molecule has 2 aromatic heterocycles. The van der Waals surface area contributed by atoms with Crippen molar-refractivity contribution in [3.05, 3.63) is 89.1 Å². The van der Waals surface area contributed by atoms with Crippen molar-refractivity contribution in [2.45, 2.75) is 63.7 Å². The van der Waals surface area contributed by atoms with Crippen LogP contribution in [0.2, 0.25) is 0 Å². The standard InChI is InChI=1S/C36H43N5O6/c1-35(2,3)47-34(44)39-18-14-28(30(22-39)25-8-6-5-7-9-25)32(42)38-20-16-36(45,17-21-38)23-40-24-37-31-29(33(40)43)15-19-41(31)26-10-12-27(46-4)13-11-26/h5-13,15,19,24,28,30,45H,14,16-18,20-23H2,1-4H3/t28-,30+/m1/s1. The number of methoxy groups -OCH3 is 1. The Labute approximate surface area is 274 Å². The van der Waals surface area contributed by atoms with Crippen LogP contribution in [0, 0.1) is 5.92 Å². The molecular weight excluding hydrogens is 598 g/mol. The van der Waals surface area contributed by atoms with Crippen molar-refractivity contribution >= 4 is 23.0 Å². The zero-order chi connectivity index (χ0) is 33.3. The zero-order valence-corrected chi connectivity index (χ0v) is 27.5. The number of ether oxygens (including phenoxy) is 2. The lowest BCUT2D eigenvalue weighted by Gasteiger charge is -2.43. The number of aromatic nitrogens is 3. The molecular formula is C36H43N5O6. The summed E-state index contributed by atoms with van der Waals surface area (Å²) in [5.41, 5.74) is 0.410. The lowest BCUT2D eigenvalue weighted by Crippen LogP contribution is -2.53. The number of rotatable bonds is 6. The summed E-state index contributed by atoms with van der Waals surface area (Å²) >= 11 is 0. The third-order valence-electron chi connectivity index (χ3n) is 9.30. The van der Waals surface area contributed by atoms with Crippen molar-refractivity contribution in [3.8, 4) is 11.4 Å². The van der Waals surface area contributed by atoms with Gasteiger partial charge in [-0.3, -0.25) is 14.2 Å². The predicted molar refractivity (Wildman–Crippen MR) is 178 cm³/mol. The zero-order valence-electron chi connectivity index (χ0n) is 27.5. The van der Waals surface area contributed by atoms with Crippen LogP contribution in [0.15, 0.2) is 78.0 Å². The molecule has 2 amide bonds. The van der Waals surface area contributed by atoms with Crippen molar-refractivity contribution in [1.82, 2.24) is 23.9 Å². The molecule has 4 heterocycles. The lowest BCUT2D eigenvalue weighted by atomic mass is 9.79. The second kappa shape index (κ2) is 12.9. The summed E-state index contributed by atoms with van der Waals surface area (Å²) in [6.07, 6.45) is 4.13. The van der Waals surface area contributed by atoms with Gasteiger partial charge in [0.1, 0.15) is 17.7 Å². The van der Waals surface area contributed by atoms with Gasteiger partial charge in [-0.25, -0.2) is 9.78 Å². The highest BCUT2D eigenvalue weighted by Gasteiger charge is 2.42. The maximum absolute atomic E-state index is 14.0. The Morgan fingerprint density at radius 2 is 1.68 bits per heavy atom. The first kappa shape index (κ1) is 32.3. The molecule has 1 N–H and O–H groups in total. The van der Waals surface area contributed by atoms with Gasteiger partial charge in [-0.2, -0.15) is 0 Å². The van der Waals surface area contributed by atoms with E-state index >= 15 is 0 Å². The fourth-order valence-corrected chi connectivity index (χ4v) is 6.75. The number of hydrogen-bond donors (Lipinski definition) is 1. The fraction of sp³-hybridized carbons (Fsp3) is 0.444. The molecule has 2 aromatic carbocycles. The summed E-state index contributed by atoms with van der Waals surface area (Å²) < 4.78 is 14.2. The Kier molecular flexibility index (Phi) is 8.84. The first-order valence-electron chi connectivity index (χ1n) is 16.2. The molecule has 2 aliphatic rings. The van der Waals surface area contributed by atoms with Gasteiger partial charge >= 0.3 is 6.09 Å². The molecule has 11 heteroatoms. The van der Waals surface area contributed by atoms with E-state index in [2.05, 4.69) is 4.98 Å². The van der Waals surface area contributed by atoms with E-state index < -0.39 is 11.2 Å². The molecule has 0 radical (unpaired) electrons. The number of piperidine rings is 2. The van der Waals surface area contributed by atoms with E-state index in [4.69, 9.17) is 9.47 Å². The van der Waals surface area contributed by atoms with E-state index in [9.17, 15) is 19.5 Å². The van der Waals surface area contributed by atoms with Crippen LogP contribution in [0.25, 0.3) is 16.7 Å². The molecule has 6 rings (SSSR count). The maximum Gasteiger partial charge on any atom is 0.410 e. The van der Waals surface area contributed by atoms with Crippen LogP contribution in [0.5, 0.6) is 5.75 Å². The topological polar surface area (TPSA) is 119 Å². The number of fused-ring (bicyclic) bond motifs is 1. The molecule has 0 saturated carbocycles. The highest BCUT2D eigenvalue weighted by Crippen LogP contribution is 2.36. The first-order valence-corrected chi connectivity index (χ1v) is 16.2. The van der Waals surface area contributed by atoms with Gasteiger partial charge in [0.2, 0.25) is 5.91 Å². The van der Waals surface area contributed by atoms with Gasteiger partial charge in [0, 0.05) is 49.9 Å². The highest BCUT2D eigenvalue weighted by atomic mass is 16.6. The van der Waals surface area contributed by atoms with Gasteiger partial charge in [-0.05, 0) is 75.9 Å². The number of carbonyl (C=O) groups excluding carboxylic acids is 2. The van der Waals surface area contributed by atoms with Gasteiger partial charge in [-0.1, -0.05) is 30.3 Å². The van der Waals surface area contributed by atoms with Crippen LogP contribution in [0.3, 0.4) is 0 Å². The molecule has 47 heavy (non-hydrogen) atoms. The predicted octanol–water partition coefficient (Wildman–Crippen LogP) is 4.59. The molecule has 2 saturated heterocycles. The van der Waals surface area contributed by atoms with Crippen LogP contribution in [0.4, 0.5) is 4.79 Å². The number of nitrogens with zero attached hydrogens (tertiary/aromatic N) is 5. The van der Waals surface area contributed by atoms with E-state index in [0.717, 1.165) is 17.0 Å². The number of hydrogen-bond acceptors (Lipinski definition) is 7. The largest absolute Gasteiger partial charge is 0.497 e. The average Bonchev–Trinajstić information content (AvgIpc) is 3.50. The molecule has 2 fully saturated rings. The van der Waals surface area contributed by atoms with Crippen molar-refractivity contribution < 1.29 is 24.2 Å². The van der Waals surface area contributed by atoms with Crippen LogP contribution < -0.4 is 10.3 Å². The average molecular weight is 642 g/mol. The number of benzene rings is 2. The number of likely N-dealkylation sites (tertiary alicyclic amines) is 2. The van der Waals surface area contributed by atoms with Crippen molar-refractivity contribution in [2.24, 2.45) is 5.92 Å². The fourth-order valence-electron chi connectivity index (χ4n) is 6.75. The molecule has 0 aliphatic carbocycles. The second-order valence-electron chi connectivity index (χ2n) is 13.7. The lowest BCUT2D eigenvalue weighted by molar-refractivity contribution is -0.142. The van der Waals surface area contributed by atoms with E-state index in [-0.39, 0.29) is 35.9 Å². The third kappa shape index (κ3) is 6.90. The quantitative estimate of drug-likeness (QED) is 0.327. The van der Waals surface area contributed by atoms with Crippen molar-refractivity contribution in [3.63, 3.8) is 0 Å². The number of carbonyl (C=O) groups is 2. The number of amides is 2. The molecule has 2 atom stereocenters. The van der Waals surface area contributed by atoms with Gasteiger partial charge in [-0.15, -0.1) is 0 Å². The van der Waals surface area contributed by atoms with Gasteiger partial charge in [0.05, 0.1) is 24.6 Å². The molecule has 11 nitrogen and oxygen atoms in total. The Hall–Kier alpha value is -4.64. The maximum atomic E-state index is 14.0. The minimum absolute atomic E-state index is 0.0323. The van der Waals surface area contributed by atoms with Gasteiger partial charge in [0.15, 0.2) is 5.65 Å². The summed E-state index contributed by atoms with van der Waals surface area (Å²) in [7, 11) is 1.61. The van der Waals surface area contributed by atoms with Crippen molar-refractivity contribution in [1.29, 1.82) is 0 Å². The van der Waals surface area contributed by atoms with Gasteiger partial charge < -0.3 is 28.9 Å². The first-order chi connectivity index (χ1) is 22.4. The minimum atomic E-state index is -1.16. The third-order valence-corrected chi connectivity index (χ3v) is 9.30. The van der Waals surface area contributed by atoms with Crippen molar-refractivity contribution in [2.75, 3.05) is 33.3 Å². The van der Waals surface area contributed by atoms with Gasteiger partial charge in [0.25, 0.3) is 5.56 Å². The Balaban J connectivity index is 1.13. The molecule has 248 valence electrons. The van der Waals surface area contributed by atoms with Crippen LogP contribution in [-0.2, 0) is 16.1 Å². The Bertz CT molecular complexity index is 1780. The van der Waals surface area contributed by atoms with E-state index in [0.29, 0.717) is 56.5 Å². The Morgan fingerprint density at radius 1 is 0.979 bits per heavy atom. The summed E-state index contributed by atoms with van der Waals surface area (Å²) in [5.74, 6) is 0.296. The minimum Gasteiger partial charge on any atom is -0.497 e. The van der Waals surface area contributed by atoms with E-state index in [1.165, 1.54) is 10.9 Å². The SMILES string of the molecule is COc1ccc(-n2ccc3c(=O)n(CC4(O)CCN(C(=O)[C@@H]5CCN(C(=O)OC(C)(C)C)C[C@H]5c5ccccc5)CC4)cnc32)cc1. The summed E-state index contributed by atoms with van der Waals surface area (Å²) in [5, 5.41) is 12.0. The highest BCUT2D eigenvalue weighted by molar-refractivity contribution is 5.81. The smallest absolute Gasteiger partial charge is 0.410 e. The monoisotopic (exact) mass is 641 g/mol. The van der Waals surface area contributed by atoms with E-state index in [1.54, 1.807) is 18.1 Å². The molecule has 0 bridgehead atoms. The molecule has 0 spiro atoms. The molecule has 2 aliphatic heterocycles. The second-order valence-corrected chi connectivity index (χ2v) is 13.7. The number of aliphatic hydroxyl groups is 1. The summed E-state index contributed by atoms with van der Waals surface area (Å²) in [6, 6.07) is 19.1. The van der Waals surface area contributed by atoms with Crippen LogP contribution >= 0.6 is 0 Å². The summed E-state index contributed by atoms with van der Waals surface area (Å²) in [6.45, 7) is 7.21. The molecule has 4 aromatic rings. The Morgan fingerprint density at radius 3 is 2.34 bits per heavy atom. The van der Waals surface area contributed by atoms with Crippen LogP contribution in [0.1, 0.15) is 51.5 Å². The van der Waals surface area contributed by atoms with E-state index in [1.807, 2.05) is 91.0 Å². The molecule has 0 unspecified atom stereocenters. The summed E-state index contributed by atoms with van der Waals surface area (Å²) in [4.78, 5) is 48.5. The van der Waals surface area contributed by atoms with Crippen LogP contribution in [-0.4, -0.2) is 85.5 Å².